The van der Waals surface area contributed by atoms with Gasteiger partial charge in [0.15, 0.2) is 0 Å². The number of hydrogen-bond donors (Lipinski definition) is 0. The molecule has 0 saturated carbocycles. The Morgan fingerprint density at radius 1 is 1.35 bits per heavy atom. The molecular formula is C12H22N2O3. The molecule has 1 saturated heterocycles. The van der Waals surface area contributed by atoms with E-state index in [0.717, 1.165) is 13.1 Å². The average Bonchev–Trinajstić information content (AvgIpc) is 2.66. The van der Waals surface area contributed by atoms with Crippen LogP contribution in [-0.4, -0.2) is 62.5 Å². The highest BCUT2D eigenvalue weighted by Crippen LogP contribution is 2.23. The van der Waals surface area contributed by atoms with Crippen LogP contribution in [-0.2, 0) is 14.3 Å². The van der Waals surface area contributed by atoms with E-state index in [1.54, 1.807) is 19.0 Å². The lowest BCUT2D eigenvalue weighted by molar-refractivity contribution is -0.146. The van der Waals surface area contributed by atoms with Gasteiger partial charge in [-0.1, -0.05) is 6.92 Å². The van der Waals surface area contributed by atoms with Crippen molar-refractivity contribution in [3.05, 3.63) is 0 Å². The highest BCUT2D eigenvalue weighted by atomic mass is 16.5. The third kappa shape index (κ3) is 3.70. The minimum absolute atomic E-state index is 0.0468. The van der Waals surface area contributed by atoms with E-state index in [1.807, 2.05) is 0 Å². The zero-order valence-electron chi connectivity index (χ0n) is 11.1. The first-order valence-electron chi connectivity index (χ1n) is 5.96. The number of carbonyl (C=O) groups is 2. The van der Waals surface area contributed by atoms with Crippen LogP contribution >= 0.6 is 0 Å². The summed E-state index contributed by atoms with van der Waals surface area (Å²) in [6.07, 6.45) is 0.508. The van der Waals surface area contributed by atoms with Gasteiger partial charge in [0.2, 0.25) is 5.91 Å². The molecule has 2 unspecified atom stereocenters. The van der Waals surface area contributed by atoms with E-state index in [-0.39, 0.29) is 17.8 Å². The summed E-state index contributed by atoms with van der Waals surface area (Å²) < 4.78 is 4.78. The van der Waals surface area contributed by atoms with E-state index >= 15 is 0 Å². The minimum Gasteiger partial charge on any atom is -0.469 e. The third-order valence-electron chi connectivity index (χ3n) is 3.33. The molecule has 17 heavy (non-hydrogen) atoms. The molecule has 0 N–H and O–H groups in total. The maximum Gasteiger partial charge on any atom is 0.310 e. The van der Waals surface area contributed by atoms with Crippen LogP contribution in [0.4, 0.5) is 0 Å². The molecular weight excluding hydrogens is 220 g/mol. The Kier molecular flexibility index (Phi) is 4.93. The van der Waals surface area contributed by atoms with Crippen LogP contribution in [0.5, 0.6) is 0 Å². The van der Waals surface area contributed by atoms with Crippen LogP contribution < -0.4 is 0 Å². The van der Waals surface area contributed by atoms with Gasteiger partial charge in [0.25, 0.3) is 0 Å². The number of methoxy groups -OCH3 is 1. The van der Waals surface area contributed by atoms with Crippen LogP contribution in [0.3, 0.4) is 0 Å². The number of carbonyl (C=O) groups excluding carboxylic acids is 2. The zero-order chi connectivity index (χ0) is 13.0. The first kappa shape index (κ1) is 14.0. The molecule has 0 bridgehead atoms. The molecule has 0 aromatic heterocycles. The second kappa shape index (κ2) is 6.00. The van der Waals surface area contributed by atoms with Gasteiger partial charge in [-0.05, 0) is 5.92 Å². The van der Waals surface area contributed by atoms with Crippen molar-refractivity contribution in [2.45, 2.75) is 13.3 Å². The number of likely N-dealkylation sites (tertiary alicyclic amines) is 1. The molecule has 1 heterocycles. The summed E-state index contributed by atoms with van der Waals surface area (Å²) in [6, 6.07) is 0. The van der Waals surface area contributed by atoms with Crippen LogP contribution in [0.2, 0.25) is 0 Å². The molecule has 0 aromatic carbocycles. The third-order valence-corrected chi connectivity index (χ3v) is 3.33. The lowest BCUT2D eigenvalue weighted by atomic mass is 9.99. The van der Waals surface area contributed by atoms with Crippen molar-refractivity contribution in [2.75, 3.05) is 40.8 Å². The molecule has 1 fully saturated rings. The van der Waals surface area contributed by atoms with Crippen molar-refractivity contribution < 1.29 is 14.3 Å². The van der Waals surface area contributed by atoms with E-state index in [1.165, 1.54) is 7.11 Å². The van der Waals surface area contributed by atoms with E-state index < -0.39 is 0 Å². The molecule has 5 nitrogen and oxygen atoms in total. The van der Waals surface area contributed by atoms with Crippen LogP contribution in [0.1, 0.15) is 13.3 Å². The van der Waals surface area contributed by atoms with E-state index in [2.05, 4.69) is 11.8 Å². The van der Waals surface area contributed by atoms with Crippen molar-refractivity contribution in [3.8, 4) is 0 Å². The van der Waals surface area contributed by atoms with Gasteiger partial charge >= 0.3 is 5.97 Å². The van der Waals surface area contributed by atoms with Gasteiger partial charge in [0, 0.05) is 40.2 Å². The summed E-state index contributed by atoms with van der Waals surface area (Å²) in [6.45, 7) is 4.33. The van der Waals surface area contributed by atoms with Crippen molar-refractivity contribution in [3.63, 3.8) is 0 Å². The smallest absolute Gasteiger partial charge is 0.310 e. The van der Waals surface area contributed by atoms with Gasteiger partial charge in [-0.3, -0.25) is 9.59 Å². The Balaban J connectivity index is 2.39. The van der Waals surface area contributed by atoms with Crippen LogP contribution in [0.25, 0.3) is 0 Å². The Hall–Kier alpha value is -1.10. The average molecular weight is 242 g/mol. The summed E-state index contributed by atoms with van der Waals surface area (Å²) in [5.74, 6) is 0.240. The highest BCUT2D eigenvalue weighted by Gasteiger charge is 2.35. The van der Waals surface area contributed by atoms with E-state index in [4.69, 9.17) is 4.74 Å². The first-order valence-corrected chi connectivity index (χ1v) is 5.96. The Morgan fingerprint density at radius 3 is 2.53 bits per heavy atom. The van der Waals surface area contributed by atoms with E-state index in [9.17, 15) is 9.59 Å². The molecule has 98 valence electrons. The fourth-order valence-corrected chi connectivity index (χ4v) is 2.19. The maximum atomic E-state index is 11.5. The fraction of sp³-hybridized carbons (Fsp3) is 0.833. The number of amides is 1. The summed E-state index contributed by atoms with van der Waals surface area (Å²) in [4.78, 5) is 26.7. The lowest BCUT2D eigenvalue weighted by Crippen LogP contribution is -2.30. The molecule has 2 atom stereocenters. The monoisotopic (exact) mass is 242 g/mol. The molecule has 0 spiro atoms. The Morgan fingerprint density at radius 2 is 2.00 bits per heavy atom. The van der Waals surface area contributed by atoms with Crippen molar-refractivity contribution >= 4 is 11.9 Å². The van der Waals surface area contributed by atoms with Gasteiger partial charge in [0.05, 0.1) is 13.0 Å². The minimum atomic E-state index is -0.140. The molecule has 1 aliphatic heterocycles. The lowest BCUT2D eigenvalue weighted by Gasteiger charge is -2.16. The highest BCUT2D eigenvalue weighted by molar-refractivity contribution is 5.76. The summed E-state index contributed by atoms with van der Waals surface area (Å²) >= 11 is 0. The molecule has 1 amide bonds. The molecule has 0 aliphatic carbocycles. The summed E-state index contributed by atoms with van der Waals surface area (Å²) in [5.41, 5.74) is 0. The maximum absolute atomic E-state index is 11.5. The van der Waals surface area contributed by atoms with Gasteiger partial charge in [-0.2, -0.15) is 0 Å². The normalized spacial score (nSPS) is 24.7. The largest absolute Gasteiger partial charge is 0.469 e. The zero-order valence-corrected chi connectivity index (χ0v) is 11.1. The number of hydrogen-bond acceptors (Lipinski definition) is 4. The number of rotatable bonds is 4. The number of esters is 1. The van der Waals surface area contributed by atoms with Crippen LogP contribution in [0.15, 0.2) is 0 Å². The summed E-state index contributed by atoms with van der Waals surface area (Å²) in [7, 11) is 4.94. The summed E-state index contributed by atoms with van der Waals surface area (Å²) in [5, 5.41) is 0. The second-order valence-electron chi connectivity index (χ2n) is 4.90. The van der Waals surface area contributed by atoms with Crippen LogP contribution in [0, 0.1) is 11.8 Å². The predicted octanol–water partition coefficient (Wildman–Crippen LogP) is 0.206. The van der Waals surface area contributed by atoms with Gasteiger partial charge < -0.3 is 14.5 Å². The van der Waals surface area contributed by atoms with Crippen molar-refractivity contribution in [2.24, 2.45) is 11.8 Å². The Labute approximate surface area is 103 Å². The first-order chi connectivity index (χ1) is 7.95. The molecule has 5 heteroatoms. The molecule has 1 aliphatic rings. The van der Waals surface area contributed by atoms with Gasteiger partial charge in [0.1, 0.15) is 0 Å². The molecule has 0 aromatic rings. The van der Waals surface area contributed by atoms with E-state index in [0.29, 0.717) is 18.9 Å². The van der Waals surface area contributed by atoms with Gasteiger partial charge in [-0.25, -0.2) is 0 Å². The molecule has 0 radical (unpaired) electrons. The topological polar surface area (TPSA) is 49.9 Å². The van der Waals surface area contributed by atoms with Crippen molar-refractivity contribution in [1.82, 2.24) is 9.80 Å². The fourth-order valence-electron chi connectivity index (χ4n) is 2.19. The van der Waals surface area contributed by atoms with Crippen molar-refractivity contribution in [1.29, 1.82) is 0 Å². The van der Waals surface area contributed by atoms with Gasteiger partial charge in [-0.15, -0.1) is 0 Å². The Bertz CT molecular complexity index is 291. The standard InChI is InChI=1S/C12H22N2O3/c1-9-7-14(6-5-11(15)13(2)3)8-10(9)12(16)17-4/h9-10H,5-8H2,1-4H3. The predicted molar refractivity (Wildman–Crippen MR) is 64.4 cm³/mol. The number of nitrogens with zero attached hydrogens (tertiary/aromatic N) is 2. The SMILES string of the molecule is COC(=O)C1CN(CCC(=O)N(C)C)CC1C. The number of ether oxygens (including phenoxy) is 1. The quantitative estimate of drug-likeness (QED) is 0.661. The molecule has 1 rings (SSSR count). The second-order valence-corrected chi connectivity index (χ2v) is 4.90.